The molecule has 19 heavy (non-hydrogen) atoms. The lowest BCUT2D eigenvalue weighted by atomic mass is 10.4. The topological polar surface area (TPSA) is 72.7 Å². The number of pyridine rings is 1. The molecule has 3 rings (SSSR count). The van der Waals surface area contributed by atoms with E-state index in [9.17, 15) is 4.79 Å². The number of nitrogens with one attached hydrogen (secondary N) is 1. The Hall–Kier alpha value is -2.54. The molecule has 0 unspecified atom stereocenters. The number of amides is 1. The van der Waals surface area contributed by atoms with Gasteiger partial charge >= 0.3 is 0 Å². The summed E-state index contributed by atoms with van der Waals surface area (Å²) in [5, 5.41) is 8.61. The van der Waals surface area contributed by atoms with Gasteiger partial charge in [-0.3, -0.25) is 9.78 Å². The van der Waals surface area contributed by atoms with E-state index < -0.39 is 0 Å². The van der Waals surface area contributed by atoms with E-state index >= 15 is 0 Å². The number of aromatic nitrogens is 4. The second kappa shape index (κ2) is 4.99. The summed E-state index contributed by atoms with van der Waals surface area (Å²) in [6, 6.07) is 3.66. The SMILES string of the molecule is O=C(Nc1cnn(-c2ccncc2)c1)c1cscn1. The summed E-state index contributed by atoms with van der Waals surface area (Å²) in [6.07, 6.45) is 6.69. The van der Waals surface area contributed by atoms with Gasteiger partial charge in [0.1, 0.15) is 5.69 Å². The Labute approximate surface area is 112 Å². The van der Waals surface area contributed by atoms with Crippen LogP contribution in [-0.4, -0.2) is 25.7 Å². The first-order valence-corrected chi connectivity index (χ1v) is 6.42. The van der Waals surface area contributed by atoms with Crippen molar-refractivity contribution in [2.45, 2.75) is 0 Å². The fourth-order valence-corrected chi connectivity index (χ4v) is 2.08. The largest absolute Gasteiger partial charge is 0.318 e. The van der Waals surface area contributed by atoms with Crippen molar-refractivity contribution in [3.8, 4) is 5.69 Å². The molecule has 0 aromatic carbocycles. The Balaban J connectivity index is 1.77. The van der Waals surface area contributed by atoms with Crippen LogP contribution in [0, 0.1) is 0 Å². The minimum Gasteiger partial charge on any atom is -0.318 e. The van der Waals surface area contributed by atoms with Gasteiger partial charge in [-0.1, -0.05) is 0 Å². The molecule has 7 heteroatoms. The van der Waals surface area contributed by atoms with E-state index in [4.69, 9.17) is 0 Å². The van der Waals surface area contributed by atoms with E-state index in [1.54, 1.807) is 40.4 Å². The molecule has 3 aromatic rings. The molecule has 0 aliphatic carbocycles. The molecule has 0 aliphatic heterocycles. The predicted octanol–water partition coefficient (Wildman–Crippen LogP) is 1.98. The van der Waals surface area contributed by atoms with Gasteiger partial charge in [-0.25, -0.2) is 9.67 Å². The number of hydrogen-bond donors (Lipinski definition) is 1. The minimum absolute atomic E-state index is 0.240. The van der Waals surface area contributed by atoms with E-state index in [1.165, 1.54) is 11.3 Å². The smallest absolute Gasteiger partial charge is 0.275 e. The number of thiazole rings is 1. The van der Waals surface area contributed by atoms with Gasteiger partial charge in [0.15, 0.2) is 0 Å². The number of nitrogens with zero attached hydrogens (tertiary/aromatic N) is 4. The second-order valence-corrected chi connectivity index (χ2v) is 4.43. The number of carbonyl (C=O) groups is 1. The van der Waals surface area contributed by atoms with Gasteiger partial charge in [-0.05, 0) is 12.1 Å². The molecule has 0 fully saturated rings. The monoisotopic (exact) mass is 271 g/mol. The molecular weight excluding hydrogens is 262 g/mol. The molecule has 0 bridgehead atoms. The minimum atomic E-state index is -0.240. The van der Waals surface area contributed by atoms with Gasteiger partial charge in [0.2, 0.25) is 0 Å². The van der Waals surface area contributed by atoms with E-state index in [2.05, 4.69) is 20.4 Å². The molecule has 0 aliphatic rings. The predicted molar refractivity (Wildman–Crippen MR) is 71.4 cm³/mol. The third-order valence-corrected chi connectivity index (χ3v) is 3.02. The van der Waals surface area contributed by atoms with Crippen LogP contribution in [0.4, 0.5) is 5.69 Å². The molecule has 3 heterocycles. The van der Waals surface area contributed by atoms with Crippen LogP contribution in [0.1, 0.15) is 10.5 Å². The average molecular weight is 271 g/mol. The van der Waals surface area contributed by atoms with E-state index in [1.807, 2.05) is 12.1 Å². The Bertz CT molecular complexity index is 677. The van der Waals surface area contributed by atoms with Crippen molar-refractivity contribution in [2.24, 2.45) is 0 Å². The summed E-state index contributed by atoms with van der Waals surface area (Å²) in [7, 11) is 0. The van der Waals surface area contributed by atoms with E-state index in [-0.39, 0.29) is 5.91 Å². The molecule has 0 saturated carbocycles. The van der Waals surface area contributed by atoms with Gasteiger partial charge in [0.25, 0.3) is 5.91 Å². The van der Waals surface area contributed by atoms with Crippen molar-refractivity contribution in [3.63, 3.8) is 0 Å². The summed E-state index contributed by atoms with van der Waals surface area (Å²) in [5.41, 5.74) is 3.52. The Kier molecular flexibility index (Phi) is 3.03. The third kappa shape index (κ3) is 2.50. The number of hydrogen-bond acceptors (Lipinski definition) is 5. The van der Waals surface area contributed by atoms with Crippen LogP contribution in [0.25, 0.3) is 5.69 Å². The zero-order valence-corrected chi connectivity index (χ0v) is 10.5. The Morgan fingerprint density at radius 1 is 1.32 bits per heavy atom. The van der Waals surface area contributed by atoms with Crippen LogP contribution in [0.15, 0.2) is 47.8 Å². The van der Waals surface area contributed by atoms with Crippen molar-refractivity contribution < 1.29 is 4.79 Å². The van der Waals surface area contributed by atoms with Gasteiger partial charge in [-0.15, -0.1) is 11.3 Å². The van der Waals surface area contributed by atoms with Crippen LogP contribution in [0.3, 0.4) is 0 Å². The van der Waals surface area contributed by atoms with Crippen LogP contribution in [0.5, 0.6) is 0 Å². The lowest BCUT2D eigenvalue weighted by Crippen LogP contribution is -2.11. The zero-order valence-electron chi connectivity index (χ0n) is 9.72. The van der Waals surface area contributed by atoms with Crippen LogP contribution in [-0.2, 0) is 0 Å². The van der Waals surface area contributed by atoms with Gasteiger partial charge in [-0.2, -0.15) is 5.10 Å². The molecular formula is C12H9N5OS. The Morgan fingerprint density at radius 2 is 2.16 bits per heavy atom. The van der Waals surface area contributed by atoms with E-state index in [0.717, 1.165) is 5.69 Å². The summed E-state index contributed by atoms with van der Waals surface area (Å²) >= 11 is 1.38. The maximum absolute atomic E-state index is 11.8. The zero-order chi connectivity index (χ0) is 13.1. The molecule has 0 atom stereocenters. The van der Waals surface area contributed by atoms with Crippen molar-refractivity contribution in [1.29, 1.82) is 0 Å². The third-order valence-electron chi connectivity index (χ3n) is 2.43. The van der Waals surface area contributed by atoms with Gasteiger partial charge in [0.05, 0.1) is 29.3 Å². The normalized spacial score (nSPS) is 10.3. The quantitative estimate of drug-likeness (QED) is 0.790. The number of carbonyl (C=O) groups excluding carboxylic acids is 1. The van der Waals surface area contributed by atoms with Crippen molar-refractivity contribution >= 4 is 22.9 Å². The molecule has 0 saturated heterocycles. The Morgan fingerprint density at radius 3 is 2.89 bits per heavy atom. The van der Waals surface area contributed by atoms with Crippen molar-refractivity contribution in [1.82, 2.24) is 19.7 Å². The van der Waals surface area contributed by atoms with Crippen LogP contribution < -0.4 is 5.32 Å². The van der Waals surface area contributed by atoms with E-state index in [0.29, 0.717) is 11.4 Å². The fourth-order valence-electron chi connectivity index (χ4n) is 1.55. The number of anilines is 1. The first-order valence-electron chi connectivity index (χ1n) is 5.47. The molecule has 1 amide bonds. The summed E-state index contributed by atoms with van der Waals surface area (Å²) in [4.78, 5) is 19.7. The lowest BCUT2D eigenvalue weighted by molar-refractivity contribution is 0.102. The van der Waals surface area contributed by atoms with Crippen molar-refractivity contribution in [3.05, 3.63) is 53.5 Å². The molecule has 3 aromatic heterocycles. The highest BCUT2D eigenvalue weighted by molar-refractivity contribution is 7.07. The van der Waals surface area contributed by atoms with Gasteiger partial charge in [0, 0.05) is 17.8 Å². The fraction of sp³-hybridized carbons (Fsp3) is 0. The molecule has 0 radical (unpaired) electrons. The summed E-state index contributed by atoms with van der Waals surface area (Å²) in [6.45, 7) is 0. The highest BCUT2D eigenvalue weighted by Crippen LogP contribution is 2.12. The first kappa shape index (κ1) is 11.5. The van der Waals surface area contributed by atoms with Crippen molar-refractivity contribution in [2.75, 3.05) is 5.32 Å². The number of rotatable bonds is 3. The maximum Gasteiger partial charge on any atom is 0.275 e. The molecule has 0 spiro atoms. The van der Waals surface area contributed by atoms with Crippen LogP contribution in [0.2, 0.25) is 0 Å². The first-order chi connectivity index (χ1) is 9.33. The maximum atomic E-state index is 11.8. The average Bonchev–Trinajstić information content (AvgIpc) is 3.11. The molecule has 1 N–H and O–H groups in total. The summed E-state index contributed by atoms with van der Waals surface area (Å²) < 4.78 is 1.67. The second-order valence-electron chi connectivity index (χ2n) is 3.71. The standard InChI is InChI=1S/C12H9N5OS/c18-12(11-7-19-8-14-11)16-9-5-15-17(6-9)10-1-3-13-4-2-10/h1-8H,(H,16,18). The molecule has 94 valence electrons. The lowest BCUT2D eigenvalue weighted by Gasteiger charge is -1.99. The summed E-state index contributed by atoms with van der Waals surface area (Å²) in [5.74, 6) is -0.240. The highest BCUT2D eigenvalue weighted by atomic mass is 32.1. The van der Waals surface area contributed by atoms with Crippen LogP contribution >= 0.6 is 11.3 Å². The molecule has 6 nitrogen and oxygen atoms in total. The van der Waals surface area contributed by atoms with Gasteiger partial charge < -0.3 is 5.32 Å². The highest BCUT2D eigenvalue weighted by Gasteiger charge is 2.09.